The van der Waals surface area contributed by atoms with E-state index in [0.717, 1.165) is 11.1 Å². The number of benzene rings is 2. The van der Waals surface area contributed by atoms with Crippen molar-refractivity contribution in [1.82, 2.24) is 15.1 Å². The number of urea groups is 1. The van der Waals surface area contributed by atoms with Crippen molar-refractivity contribution in [1.29, 1.82) is 0 Å². The summed E-state index contributed by atoms with van der Waals surface area (Å²) in [5.41, 5.74) is 3.13. The quantitative estimate of drug-likeness (QED) is 0.934. The van der Waals surface area contributed by atoms with Crippen molar-refractivity contribution in [3.63, 3.8) is 0 Å². The minimum absolute atomic E-state index is 0.0522. The van der Waals surface area contributed by atoms with Gasteiger partial charge in [0.15, 0.2) is 0 Å². The van der Waals surface area contributed by atoms with E-state index in [-0.39, 0.29) is 17.5 Å². The second-order valence-corrected chi connectivity index (χ2v) is 6.93. The number of nitrogens with one attached hydrogen (secondary N) is 1. The van der Waals surface area contributed by atoms with Crippen molar-refractivity contribution in [2.45, 2.75) is 12.0 Å². The van der Waals surface area contributed by atoms with E-state index < -0.39 is 0 Å². The van der Waals surface area contributed by atoms with Crippen LogP contribution >= 0.6 is 0 Å². The normalized spacial score (nSPS) is 18.2. The molecule has 2 heterocycles. The second-order valence-electron chi connectivity index (χ2n) is 6.93. The van der Waals surface area contributed by atoms with E-state index in [1.165, 1.54) is 5.56 Å². The molecule has 0 atom stereocenters. The van der Waals surface area contributed by atoms with Crippen molar-refractivity contribution in [3.05, 3.63) is 60.2 Å². The molecule has 4 rings (SSSR count). The SMILES string of the molecule is CN1C(=O)NCC12CN(C(=O)Cc1ccc(-c3ccccc3)cc1)C2. The molecule has 2 aliphatic rings. The number of likely N-dealkylation sites (N-methyl/N-ethyl adjacent to an activating group) is 1. The van der Waals surface area contributed by atoms with E-state index in [1.807, 2.05) is 35.2 Å². The largest absolute Gasteiger partial charge is 0.337 e. The first-order valence-electron chi connectivity index (χ1n) is 8.51. The number of nitrogens with zero attached hydrogens (tertiary/aromatic N) is 2. The first-order valence-corrected chi connectivity index (χ1v) is 8.51. The fourth-order valence-electron chi connectivity index (χ4n) is 3.59. The molecule has 0 bridgehead atoms. The Hall–Kier alpha value is -2.82. The zero-order valence-electron chi connectivity index (χ0n) is 14.2. The maximum atomic E-state index is 12.5. The molecule has 2 saturated heterocycles. The van der Waals surface area contributed by atoms with Crippen LogP contribution in [0.1, 0.15) is 5.56 Å². The van der Waals surface area contributed by atoms with Gasteiger partial charge in [-0.2, -0.15) is 0 Å². The number of amides is 3. The fraction of sp³-hybridized carbons (Fsp3) is 0.300. The van der Waals surface area contributed by atoms with Gasteiger partial charge in [-0.05, 0) is 16.7 Å². The zero-order chi connectivity index (χ0) is 17.4. The highest BCUT2D eigenvalue weighted by atomic mass is 16.2. The van der Waals surface area contributed by atoms with Crippen LogP contribution in [-0.2, 0) is 11.2 Å². The molecule has 1 spiro atoms. The molecule has 2 aromatic carbocycles. The van der Waals surface area contributed by atoms with Crippen LogP contribution in [0.3, 0.4) is 0 Å². The summed E-state index contributed by atoms with van der Waals surface area (Å²) in [5.74, 6) is 0.117. The van der Waals surface area contributed by atoms with Gasteiger partial charge < -0.3 is 15.1 Å². The van der Waals surface area contributed by atoms with Crippen LogP contribution in [0, 0.1) is 0 Å². The van der Waals surface area contributed by atoms with Gasteiger partial charge >= 0.3 is 6.03 Å². The van der Waals surface area contributed by atoms with E-state index in [0.29, 0.717) is 26.1 Å². The van der Waals surface area contributed by atoms with Crippen LogP contribution in [0.15, 0.2) is 54.6 Å². The van der Waals surface area contributed by atoms with Crippen molar-refractivity contribution in [2.75, 3.05) is 26.7 Å². The summed E-state index contributed by atoms with van der Waals surface area (Å²) in [6, 6.07) is 18.3. The lowest BCUT2D eigenvalue weighted by molar-refractivity contribution is -0.141. The van der Waals surface area contributed by atoms with E-state index >= 15 is 0 Å². The van der Waals surface area contributed by atoms with Crippen LogP contribution in [0.2, 0.25) is 0 Å². The highest BCUT2D eigenvalue weighted by molar-refractivity contribution is 5.83. The van der Waals surface area contributed by atoms with Gasteiger partial charge in [-0.3, -0.25) is 4.79 Å². The van der Waals surface area contributed by atoms with Crippen LogP contribution in [0.4, 0.5) is 4.79 Å². The average molecular weight is 335 g/mol. The van der Waals surface area contributed by atoms with Crippen molar-refractivity contribution < 1.29 is 9.59 Å². The highest BCUT2D eigenvalue weighted by Gasteiger charge is 2.53. The minimum atomic E-state index is -0.204. The Morgan fingerprint density at radius 3 is 2.28 bits per heavy atom. The van der Waals surface area contributed by atoms with Crippen LogP contribution in [-0.4, -0.2) is 54.0 Å². The summed E-state index contributed by atoms with van der Waals surface area (Å²) in [4.78, 5) is 27.7. The topological polar surface area (TPSA) is 52.7 Å². The molecule has 2 aliphatic heterocycles. The van der Waals surface area contributed by atoms with Gasteiger partial charge in [0.1, 0.15) is 0 Å². The number of carbonyl (C=O) groups excluding carboxylic acids is 2. The maximum Gasteiger partial charge on any atom is 0.317 e. The molecule has 25 heavy (non-hydrogen) atoms. The maximum absolute atomic E-state index is 12.5. The standard InChI is InChI=1S/C20H21N3O2/c1-22-19(25)21-12-20(22)13-23(14-20)18(24)11-15-7-9-17(10-8-15)16-5-3-2-4-6-16/h2-10H,11-14H2,1H3,(H,21,25). The lowest BCUT2D eigenvalue weighted by Gasteiger charge is -2.50. The van der Waals surface area contributed by atoms with Crippen molar-refractivity contribution in [2.24, 2.45) is 0 Å². The molecule has 128 valence electrons. The smallest absolute Gasteiger partial charge is 0.317 e. The van der Waals surface area contributed by atoms with E-state index in [2.05, 4.69) is 29.6 Å². The number of carbonyl (C=O) groups is 2. The molecule has 1 N–H and O–H groups in total. The van der Waals surface area contributed by atoms with Crippen molar-refractivity contribution >= 4 is 11.9 Å². The second kappa shape index (κ2) is 5.92. The number of likely N-dealkylation sites (tertiary alicyclic amines) is 1. The summed E-state index contributed by atoms with van der Waals surface area (Å²) in [5, 5.41) is 2.84. The van der Waals surface area contributed by atoms with Crippen LogP contribution in [0.5, 0.6) is 0 Å². The third-order valence-corrected chi connectivity index (χ3v) is 5.32. The minimum Gasteiger partial charge on any atom is -0.337 e. The Labute approximate surface area is 147 Å². The van der Waals surface area contributed by atoms with Gasteiger partial charge in [-0.15, -0.1) is 0 Å². The summed E-state index contributed by atoms with van der Waals surface area (Å²) in [7, 11) is 1.80. The molecular weight excluding hydrogens is 314 g/mol. The molecule has 0 saturated carbocycles. The van der Waals surface area contributed by atoms with Gasteiger partial charge in [-0.25, -0.2) is 4.79 Å². The Balaban J connectivity index is 1.37. The monoisotopic (exact) mass is 335 g/mol. The molecular formula is C20H21N3O2. The van der Waals surface area contributed by atoms with E-state index in [1.54, 1.807) is 11.9 Å². The number of rotatable bonds is 3. The van der Waals surface area contributed by atoms with E-state index in [4.69, 9.17) is 0 Å². The van der Waals surface area contributed by atoms with Gasteiger partial charge in [0.2, 0.25) is 5.91 Å². The summed E-state index contributed by atoms with van der Waals surface area (Å²) in [6.07, 6.45) is 0.399. The lowest BCUT2D eigenvalue weighted by atomic mass is 9.89. The molecule has 3 amide bonds. The predicted octanol–water partition coefficient (Wildman–Crippen LogP) is 2.13. The molecule has 2 fully saturated rings. The molecule has 5 nitrogen and oxygen atoms in total. The summed E-state index contributed by atoms with van der Waals surface area (Å²) >= 11 is 0. The fourth-order valence-corrected chi connectivity index (χ4v) is 3.59. The molecule has 2 aromatic rings. The number of hydrogen-bond acceptors (Lipinski definition) is 2. The Morgan fingerprint density at radius 1 is 1.04 bits per heavy atom. The van der Waals surface area contributed by atoms with Crippen LogP contribution in [0.25, 0.3) is 11.1 Å². The van der Waals surface area contributed by atoms with E-state index in [9.17, 15) is 9.59 Å². The van der Waals surface area contributed by atoms with Gasteiger partial charge in [-0.1, -0.05) is 54.6 Å². The molecule has 0 aromatic heterocycles. The van der Waals surface area contributed by atoms with Crippen molar-refractivity contribution in [3.8, 4) is 11.1 Å². The molecule has 0 aliphatic carbocycles. The molecule has 5 heteroatoms. The molecule has 0 radical (unpaired) electrons. The van der Waals surface area contributed by atoms with Crippen LogP contribution < -0.4 is 5.32 Å². The van der Waals surface area contributed by atoms with Gasteiger partial charge in [0.25, 0.3) is 0 Å². The third-order valence-electron chi connectivity index (χ3n) is 5.32. The zero-order valence-corrected chi connectivity index (χ0v) is 14.2. The Morgan fingerprint density at radius 2 is 1.68 bits per heavy atom. The lowest BCUT2D eigenvalue weighted by Crippen LogP contribution is -2.70. The Kier molecular flexibility index (Phi) is 3.71. The highest BCUT2D eigenvalue weighted by Crippen LogP contribution is 2.30. The first-order chi connectivity index (χ1) is 12.1. The average Bonchev–Trinajstić information content (AvgIpc) is 2.91. The number of hydrogen-bond donors (Lipinski definition) is 1. The first kappa shape index (κ1) is 15.7. The summed E-state index contributed by atoms with van der Waals surface area (Å²) < 4.78 is 0. The third kappa shape index (κ3) is 2.76. The predicted molar refractivity (Wildman–Crippen MR) is 96.1 cm³/mol. The molecule has 0 unspecified atom stereocenters. The van der Waals surface area contributed by atoms with Gasteiger partial charge in [0, 0.05) is 26.7 Å². The Bertz CT molecular complexity index is 795. The summed E-state index contributed by atoms with van der Waals surface area (Å²) in [6.45, 7) is 1.85. The van der Waals surface area contributed by atoms with Gasteiger partial charge in [0.05, 0.1) is 12.0 Å².